The molecule has 160 valence electrons. The lowest BCUT2D eigenvalue weighted by atomic mass is 10.1. The summed E-state index contributed by atoms with van der Waals surface area (Å²) < 4.78 is 24.9. The molecule has 0 saturated heterocycles. The molecule has 30 heavy (non-hydrogen) atoms. The van der Waals surface area contributed by atoms with Gasteiger partial charge in [-0.25, -0.2) is 8.42 Å². The number of amides is 3. The lowest BCUT2D eigenvalue weighted by Gasteiger charge is -2.14. The Hall–Kier alpha value is -3.20. The first-order chi connectivity index (χ1) is 14.1. The van der Waals surface area contributed by atoms with Crippen molar-refractivity contribution in [3.63, 3.8) is 0 Å². The summed E-state index contributed by atoms with van der Waals surface area (Å²) in [6.45, 7) is 4.61. The lowest BCUT2D eigenvalue weighted by molar-refractivity contribution is -0.116. The molecular formula is C21H25N3O5S. The summed E-state index contributed by atoms with van der Waals surface area (Å²) in [7, 11) is -4.02. The van der Waals surface area contributed by atoms with Crippen molar-refractivity contribution in [3.05, 3.63) is 54.1 Å². The van der Waals surface area contributed by atoms with Crippen LogP contribution in [-0.2, 0) is 30.6 Å². The average Bonchev–Trinajstić information content (AvgIpc) is 2.68. The maximum Gasteiger partial charge on any atom is 0.242 e. The maximum atomic E-state index is 12.5. The summed E-state index contributed by atoms with van der Waals surface area (Å²) in [5, 5.41) is 6.20. The van der Waals surface area contributed by atoms with Gasteiger partial charge in [0.15, 0.2) is 9.84 Å². The first-order valence-corrected chi connectivity index (χ1v) is 11.1. The van der Waals surface area contributed by atoms with Crippen molar-refractivity contribution in [2.45, 2.75) is 32.4 Å². The third kappa shape index (κ3) is 6.70. The number of carbonyl (C=O) groups is 3. The SMILES string of the molecule is CCc1ccc(NC(=O)CS(=O)(=O)C(C)C(=O)Nc2ccc(NC(C)=O)cc2)cc1. The third-order valence-corrected chi connectivity index (χ3v) is 6.31. The van der Waals surface area contributed by atoms with Gasteiger partial charge < -0.3 is 16.0 Å². The highest BCUT2D eigenvalue weighted by Crippen LogP contribution is 2.15. The molecule has 0 bridgehead atoms. The van der Waals surface area contributed by atoms with Crippen molar-refractivity contribution in [2.24, 2.45) is 0 Å². The van der Waals surface area contributed by atoms with E-state index in [0.29, 0.717) is 17.1 Å². The van der Waals surface area contributed by atoms with Gasteiger partial charge in [0.05, 0.1) is 0 Å². The van der Waals surface area contributed by atoms with Gasteiger partial charge >= 0.3 is 0 Å². The summed E-state index contributed by atoms with van der Waals surface area (Å²) in [5.41, 5.74) is 2.50. The minimum atomic E-state index is -4.02. The minimum absolute atomic E-state index is 0.230. The molecule has 0 aromatic heterocycles. The maximum absolute atomic E-state index is 12.5. The monoisotopic (exact) mass is 431 g/mol. The number of hydrogen-bond acceptors (Lipinski definition) is 5. The Morgan fingerprint density at radius 1 is 0.833 bits per heavy atom. The van der Waals surface area contributed by atoms with E-state index in [1.54, 1.807) is 24.3 Å². The van der Waals surface area contributed by atoms with Gasteiger partial charge in [0, 0.05) is 24.0 Å². The molecule has 0 radical (unpaired) electrons. The fourth-order valence-corrected chi connectivity index (χ4v) is 3.65. The smallest absolute Gasteiger partial charge is 0.242 e. The highest BCUT2D eigenvalue weighted by atomic mass is 32.2. The second-order valence-corrected chi connectivity index (χ2v) is 9.12. The minimum Gasteiger partial charge on any atom is -0.326 e. The van der Waals surface area contributed by atoms with Gasteiger partial charge in [-0.15, -0.1) is 0 Å². The lowest BCUT2D eigenvalue weighted by Crippen LogP contribution is -2.37. The molecule has 2 rings (SSSR count). The van der Waals surface area contributed by atoms with Crippen LogP contribution in [-0.4, -0.2) is 37.1 Å². The van der Waals surface area contributed by atoms with Crippen molar-refractivity contribution in [1.82, 2.24) is 0 Å². The number of anilines is 3. The van der Waals surface area contributed by atoms with Gasteiger partial charge in [0.25, 0.3) is 0 Å². The van der Waals surface area contributed by atoms with E-state index in [4.69, 9.17) is 0 Å². The van der Waals surface area contributed by atoms with E-state index in [-0.39, 0.29) is 5.91 Å². The normalized spacial score (nSPS) is 12.0. The van der Waals surface area contributed by atoms with E-state index < -0.39 is 32.7 Å². The van der Waals surface area contributed by atoms with Crippen LogP contribution < -0.4 is 16.0 Å². The summed E-state index contributed by atoms with van der Waals surface area (Å²) in [4.78, 5) is 35.5. The highest BCUT2D eigenvalue weighted by molar-refractivity contribution is 7.93. The van der Waals surface area contributed by atoms with E-state index in [1.807, 2.05) is 19.1 Å². The van der Waals surface area contributed by atoms with Gasteiger partial charge in [0.2, 0.25) is 17.7 Å². The molecule has 0 fully saturated rings. The Labute approximate surface area is 176 Å². The zero-order chi connectivity index (χ0) is 22.3. The van der Waals surface area contributed by atoms with Gasteiger partial charge in [-0.2, -0.15) is 0 Å². The average molecular weight is 432 g/mol. The zero-order valence-corrected chi connectivity index (χ0v) is 17.9. The van der Waals surface area contributed by atoms with Crippen LogP contribution in [0.1, 0.15) is 26.3 Å². The summed E-state index contributed by atoms with van der Waals surface area (Å²) in [5.74, 6) is -2.49. The number of sulfone groups is 1. The molecule has 9 heteroatoms. The first-order valence-electron chi connectivity index (χ1n) is 9.39. The van der Waals surface area contributed by atoms with Crippen molar-refractivity contribution in [1.29, 1.82) is 0 Å². The molecule has 3 amide bonds. The van der Waals surface area contributed by atoms with Crippen LogP contribution in [0.25, 0.3) is 0 Å². The van der Waals surface area contributed by atoms with Gasteiger partial charge in [-0.1, -0.05) is 19.1 Å². The topological polar surface area (TPSA) is 121 Å². The van der Waals surface area contributed by atoms with Crippen molar-refractivity contribution >= 4 is 44.6 Å². The number of benzene rings is 2. The van der Waals surface area contributed by atoms with Crippen LogP contribution in [0.15, 0.2) is 48.5 Å². The van der Waals surface area contributed by atoms with Crippen LogP contribution >= 0.6 is 0 Å². The second-order valence-electron chi connectivity index (χ2n) is 6.80. The van der Waals surface area contributed by atoms with Crippen LogP contribution in [0.5, 0.6) is 0 Å². The molecule has 0 aliphatic carbocycles. The van der Waals surface area contributed by atoms with Gasteiger partial charge in [0.1, 0.15) is 11.0 Å². The Kier molecular flexibility index (Phi) is 7.71. The molecule has 3 N–H and O–H groups in total. The standard InChI is InChI=1S/C21H25N3O5S/c1-4-16-5-7-18(8-6-16)23-20(26)13-30(28,29)14(2)21(27)24-19-11-9-17(10-12-19)22-15(3)25/h5-12,14H,4,13H2,1-3H3,(H,22,25)(H,23,26)(H,24,27). The van der Waals surface area contributed by atoms with Crippen molar-refractivity contribution in [2.75, 3.05) is 21.7 Å². The molecule has 0 spiro atoms. The second kappa shape index (κ2) is 10.0. The summed E-state index contributed by atoms with van der Waals surface area (Å²) in [6, 6.07) is 13.3. The molecule has 2 aromatic rings. The third-order valence-electron chi connectivity index (χ3n) is 4.36. The van der Waals surface area contributed by atoms with Crippen LogP contribution in [0.4, 0.5) is 17.1 Å². The Morgan fingerprint density at radius 2 is 1.30 bits per heavy atom. The molecule has 0 heterocycles. The molecule has 1 unspecified atom stereocenters. The number of aryl methyl sites for hydroxylation is 1. The Bertz CT molecular complexity index is 1020. The van der Waals surface area contributed by atoms with E-state index in [1.165, 1.54) is 26.0 Å². The fraction of sp³-hybridized carbons (Fsp3) is 0.286. The Morgan fingerprint density at radius 3 is 1.80 bits per heavy atom. The van der Waals surface area contributed by atoms with Gasteiger partial charge in [-0.05, 0) is 55.3 Å². The van der Waals surface area contributed by atoms with Crippen molar-refractivity contribution in [3.8, 4) is 0 Å². The Balaban J connectivity index is 1.95. The number of carbonyl (C=O) groups excluding carboxylic acids is 3. The highest BCUT2D eigenvalue weighted by Gasteiger charge is 2.30. The predicted octanol–water partition coefficient (Wildman–Crippen LogP) is 2.59. The summed E-state index contributed by atoms with van der Waals surface area (Å²) in [6.07, 6.45) is 0.852. The molecule has 0 aliphatic heterocycles. The number of rotatable bonds is 8. The largest absolute Gasteiger partial charge is 0.326 e. The molecule has 2 aromatic carbocycles. The summed E-state index contributed by atoms with van der Waals surface area (Å²) >= 11 is 0. The molecule has 0 saturated carbocycles. The van der Waals surface area contributed by atoms with Crippen LogP contribution in [0.3, 0.4) is 0 Å². The predicted molar refractivity (Wildman–Crippen MR) is 117 cm³/mol. The van der Waals surface area contributed by atoms with E-state index in [9.17, 15) is 22.8 Å². The molecule has 8 nitrogen and oxygen atoms in total. The fourth-order valence-electron chi connectivity index (χ4n) is 2.58. The van der Waals surface area contributed by atoms with Gasteiger partial charge in [-0.3, -0.25) is 14.4 Å². The first kappa shape index (κ1) is 23.1. The quantitative estimate of drug-likeness (QED) is 0.593. The molecular weight excluding hydrogens is 406 g/mol. The van der Waals surface area contributed by atoms with E-state index >= 15 is 0 Å². The van der Waals surface area contributed by atoms with Crippen molar-refractivity contribution < 1.29 is 22.8 Å². The molecule has 0 aliphatic rings. The number of hydrogen-bond donors (Lipinski definition) is 3. The van der Waals surface area contributed by atoms with Crippen LogP contribution in [0.2, 0.25) is 0 Å². The van der Waals surface area contributed by atoms with E-state index in [2.05, 4.69) is 16.0 Å². The van der Waals surface area contributed by atoms with E-state index in [0.717, 1.165) is 12.0 Å². The zero-order valence-electron chi connectivity index (χ0n) is 17.1. The number of nitrogens with one attached hydrogen (secondary N) is 3. The van der Waals surface area contributed by atoms with Crippen LogP contribution in [0, 0.1) is 0 Å². The molecule has 1 atom stereocenters.